The van der Waals surface area contributed by atoms with E-state index in [0.717, 1.165) is 30.4 Å². The third kappa shape index (κ3) is 3.22. The maximum atomic E-state index is 12.4. The minimum Gasteiger partial charge on any atom is -0.444 e. The van der Waals surface area contributed by atoms with E-state index in [1.165, 1.54) is 21.8 Å². The van der Waals surface area contributed by atoms with E-state index in [2.05, 4.69) is 0 Å². The van der Waals surface area contributed by atoms with Gasteiger partial charge in [-0.25, -0.2) is 4.79 Å². The van der Waals surface area contributed by atoms with E-state index in [4.69, 9.17) is 9.47 Å². The molecule has 132 valence electrons. The lowest BCUT2D eigenvalue weighted by molar-refractivity contribution is -0.108. The predicted octanol–water partition coefficient (Wildman–Crippen LogP) is 3.75. The Kier molecular flexibility index (Phi) is 4.47. The molecule has 0 radical (unpaired) electrons. The summed E-state index contributed by atoms with van der Waals surface area (Å²) in [4.78, 5) is 27.3. The minimum atomic E-state index is -0.493. The summed E-state index contributed by atoms with van der Waals surface area (Å²) in [6.45, 7) is 8.94. The molecule has 2 aliphatic rings. The fraction of sp³-hybridized carbons (Fsp3) is 0.667. The Bertz CT molecular complexity index is 648. The van der Waals surface area contributed by atoms with Crippen LogP contribution in [0.1, 0.15) is 60.6 Å². The number of nitrogens with zero attached hydrogens (tertiary/aromatic N) is 1. The Morgan fingerprint density at radius 1 is 1.50 bits per heavy atom. The quantitative estimate of drug-likeness (QED) is 0.723. The number of hydrogen-bond donors (Lipinski definition) is 0. The smallest absolute Gasteiger partial charge is 0.410 e. The van der Waals surface area contributed by atoms with Crippen molar-refractivity contribution in [3.63, 3.8) is 0 Å². The van der Waals surface area contributed by atoms with Crippen LogP contribution in [-0.2, 0) is 21.5 Å². The van der Waals surface area contributed by atoms with Crippen LogP contribution >= 0.6 is 11.3 Å². The molecule has 0 aliphatic carbocycles. The first-order valence-electron chi connectivity index (χ1n) is 8.46. The first-order valence-corrected chi connectivity index (χ1v) is 9.28. The van der Waals surface area contributed by atoms with Gasteiger partial charge in [0.1, 0.15) is 11.2 Å². The van der Waals surface area contributed by atoms with Gasteiger partial charge in [-0.05, 0) is 52.2 Å². The number of aldehydes is 1. The molecule has 5 nitrogen and oxygen atoms in total. The van der Waals surface area contributed by atoms with Gasteiger partial charge in [0.25, 0.3) is 0 Å². The molecule has 1 fully saturated rings. The van der Waals surface area contributed by atoms with Crippen molar-refractivity contribution in [1.82, 2.24) is 4.90 Å². The number of thiophene rings is 1. The van der Waals surface area contributed by atoms with Crippen molar-refractivity contribution in [2.45, 2.75) is 64.2 Å². The van der Waals surface area contributed by atoms with Crippen LogP contribution in [-0.4, -0.2) is 42.1 Å². The van der Waals surface area contributed by atoms with Gasteiger partial charge < -0.3 is 14.4 Å². The van der Waals surface area contributed by atoms with Crippen LogP contribution in [0.3, 0.4) is 0 Å². The summed E-state index contributed by atoms with van der Waals surface area (Å²) >= 11 is 1.53. The number of carbonyl (C=O) groups excluding carboxylic acids is 2. The standard InChI is InChI=1S/C18H25NO4S/c1-12-10-18(6-7-19(12)16(21)23-17(2,3)4)15-13(5-8-22-18)9-14(11-20)24-15/h9,11-12H,5-8,10H2,1-4H3. The van der Waals surface area contributed by atoms with Crippen molar-refractivity contribution in [2.75, 3.05) is 13.2 Å². The molecule has 0 N–H and O–H groups in total. The molecule has 1 saturated heterocycles. The molecule has 0 saturated carbocycles. The van der Waals surface area contributed by atoms with Crippen LogP contribution in [0.15, 0.2) is 6.07 Å². The van der Waals surface area contributed by atoms with Crippen LogP contribution < -0.4 is 0 Å². The van der Waals surface area contributed by atoms with Gasteiger partial charge in [-0.3, -0.25) is 4.79 Å². The topological polar surface area (TPSA) is 55.8 Å². The zero-order valence-electron chi connectivity index (χ0n) is 14.8. The van der Waals surface area contributed by atoms with E-state index in [-0.39, 0.29) is 17.7 Å². The largest absolute Gasteiger partial charge is 0.444 e. The lowest BCUT2D eigenvalue weighted by atomic mass is 9.82. The first kappa shape index (κ1) is 17.4. The summed E-state index contributed by atoms with van der Waals surface area (Å²) in [5.41, 5.74) is 0.371. The summed E-state index contributed by atoms with van der Waals surface area (Å²) in [6, 6.07) is 2.02. The van der Waals surface area contributed by atoms with Crippen LogP contribution in [0.25, 0.3) is 0 Å². The highest BCUT2D eigenvalue weighted by Crippen LogP contribution is 2.46. The van der Waals surface area contributed by atoms with Crippen LogP contribution in [0, 0.1) is 0 Å². The maximum absolute atomic E-state index is 12.4. The van der Waals surface area contributed by atoms with Gasteiger partial charge in [0.15, 0.2) is 6.29 Å². The predicted molar refractivity (Wildman–Crippen MR) is 92.7 cm³/mol. The Balaban J connectivity index is 1.80. The number of likely N-dealkylation sites (tertiary alicyclic amines) is 1. The van der Waals surface area contributed by atoms with E-state index in [1.807, 2.05) is 33.8 Å². The summed E-state index contributed by atoms with van der Waals surface area (Å²) < 4.78 is 11.7. The minimum absolute atomic E-state index is 0.0290. The van der Waals surface area contributed by atoms with Gasteiger partial charge in [-0.15, -0.1) is 11.3 Å². The molecule has 2 aliphatic heterocycles. The van der Waals surface area contributed by atoms with Crippen molar-refractivity contribution in [3.05, 3.63) is 21.4 Å². The number of hydrogen-bond acceptors (Lipinski definition) is 5. The van der Waals surface area contributed by atoms with E-state index >= 15 is 0 Å². The highest BCUT2D eigenvalue weighted by Gasteiger charge is 2.46. The van der Waals surface area contributed by atoms with Gasteiger partial charge in [0, 0.05) is 23.9 Å². The molecule has 1 aromatic rings. The zero-order chi connectivity index (χ0) is 17.5. The molecule has 1 spiro atoms. The Hall–Kier alpha value is -1.40. The SMILES string of the molecule is CC1CC2(CCN1C(=O)OC(C)(C)C)OCCc1cc(C=O)sc12. The van der Waals surface area contributed by atoms with Crippen molar-refractivity contribution in [1.29, 1.82) is 0 Å². The molecule has 0 bridgehead atoms. The van der Waals surface area contributed by atoms with Crippen LogP contribution in [0.4, 0.5) is 4.79 Å². The summed E-state index contributed by atoms with van der Waals surface area (Å²) in [5, 5.41) is 0. The highest BCUT2D eigenvalue weighted by atomic mass is 32.1. The third-order valence-electron chi connectivity index (χ3n) is 4.65. The molecule has 3 rings (SSSR count). The summed E-state index contributed by atoms with van der Waals surface area (Å²) in [6.07, 6.45) is 2.97. The molecular weight excluding hydrogens is 326 g/mol. The molecule has 6 heteroatoms. The molecule has 1 aromatic heterocycles. The maximum Gasteiger partial charge on any atom is 0.410 e. The average molecular weight is 351 g/mol. The van der Waals surface area contributed by atoms with Crippen LogP contribution in [0.2, 0.25) is 0 Å². The van der Waals surface area contributed by atoms with Gasteiger partial charge in [0.2, 0.25) is 0 Å². The average Bonchev–Trinajstić information content (AvgIpc) is 2.90. The second-order valence-corrected chi connectivity index (χ2v) is 8.77. The van der Waals surface area contributed by atoms with Crippen molar-refractivity contribution in [2.24, 2.45) is 0 Å². The number of amides is 1. The molecule has 2 unspecified atom stereocenters. The van der Waals surface area contributed by atoms with Gasteiger partial charge >= 0.3 is 6.09 Å². The zero-order valence-corrected chi connectivity index (χ0v) is 15.6. The van der Waals surface area contributed by atoms with Gasteiger partial charge in [-0.1, -0.05) is 0 Å². The Morgan fingerprint density at radius 2 is 2.25 bits per heavy atom. The van der Waals surface area contributed by atoms with Crippen molar-refractivity contribution in [3.8, 4) is 0 Å². The fourth-order valence-corrected chi connectivity index (χ4v) is 4.85. The lowest BCUT2D eigenvalue weighted by Gasteiger charge is -2.46. The molecule has 24 heavy (non-hydrogen) atoms. The number of fused-ring (bicyclic) bond motifs is 2. The molecular formula is C18H25NO4S. The molecule has 2 atom stereocenters. The summed E-state index contributed by atoms with van der Waals surface area (Å²) in [5.74, 6) is 0. The number of ether oxygens (including phenoxy) is 2. The fourth-order valence-electron chi connectivity index (χ4n) is 3.64. The second-order valence-electron chi connectivity index (χ2n) is 7.69. The lowest BCUT2D eigenvalue weighted by Crippen LogP contribution is -2.53. The van der Waals surface area contributed by atoms with E-state index < -0.39 is 5.60 Å². The van der Waals surface area contributed by atoms with E-state index in [9.17, 15) is 9.59 Å². The number of carbonyl (C=O) groups is 2. The van der Waals surface area contributed by atoms with E-state index in [0.29, 0.717) is 13.2 Å². The Morgan fingerprint density at radius 3 is 2.88 bits per heavy atom. The van der Waals surface area contributed by atoms with Gasteiger partial charge in [0.05, 0.1) is 11.5 Å². The van der Waals surface area contributed by atoms with Crippen molar-refractivity contribution < 1.29 is 19.1 Å². The normalized spacial score (nSPS) is 27.0. The second kappa shape index (κ2) is 6.15. The van der Waals surface area contributed by atoms with Crippen LogP contribution in [0.5, 0.6) is 0 Å². The van der Waals surface area contributed by atoms with Gasteiger partial charge in [-0.2, -0.15) is 0 Å². The van der Waals surface area contributed by atoms with E-state index in [1.54, 1.807) is 4.90 Å². The summed E-state index contributed by atoms with van der Waals surface area (Å²) in [7, 11) is 0. The highest BCUT2D eigenvalue weighted by molar-refractivity contribution is 7.14. The first-order chi connectivity index (χ1) is 11.2. The monoisotopic (exact) mass is 351 g/mol. The number of piperidine rings is 1. The number of rotatable bonds is 1. The molecule has 3 heterocycles. The van der Waals surface area contributed by atoms with Crippen molar-refractivity contribution >= 4 is 23.7 Å². The Labute approximate surface area is 146 Å². The molecule has 0 aromatic carbocycles. The molecule has 1 amide bonds. The third-order valence-corrected chi connectivity index (χ3v) is 5.94.